The maximum atomic E-state index is 12.4. The second-order valence-electron chi connectivity index (χ2n) is 4.79. The highest BCUT2D eigenvalue weighted by Gasteiger charge is 2.19. The summed E-state index contributed by atoms with van der Waals surface area (Å²) in [5, 5.41) is 2.51. The van der Waals surface area contributed by atoms with Crippen LogP contribution < -0.4 is 5.32 Å². The number of carbonyl (C=O) groups excluding carboxylic acids is 2. The number of nitrogens with one attached hydrogen (secondary N) is 1. The third-order valence-corrected chi connectivity index (χ3v) is 3.95. The highest BCUT2D eigenvalue weighted by Crippen LogP contribution is 2.26. The Balaban J connectivity index is 2.68. The lowest BCUT2D eigenvalue weighted by atomic mass is 10.3. The average molecular weight is 318 g/mol. The molecule has 118 valence electrons. The van der Waals surface area contributed by atoms with Crippen LogP contribution in [0.3, 0.4) is 0 Å². The molecule has 5 heteroatoms. The first-order valence-electron chi connectivity index (χ1n) is 7.02. The second-order valence-corrected chi connectivity index (χ2v) is 6.20. The van der Waals surface area contributed by atoms with Gasteiger partial charge in [0.25, 0.3) is 0 Å². The number of anilines is 1. The van der Waals surface area contributed by atoms with Crippen LogP contribution in [0.5, 0.6) is 0 Å². The van der Waals surface area contributed by atoms with E-state index in [0.29, 0.717) is 13.1 Å². The van der Waals surface area contributed by atoms with E-state index in [-0.39, 0.29) is 17.1 Å². The molecule has 0 fully saturated rings. The van der Waals surface area contributed by atoms with E-state index in [1.54, 1.807) is 17.1 Å². The van der Waals surface area contributed by atoms with Crippen molar-refractivity contribution in [3.8, 4) is 0 Å². The summed E-state index contributed by atoms with van der Waals surface area (Å²) < 4.78 is 0. The van der Waals surface area contributed by atoms with Crippen LogP contribution in [-0.4, -0.2) is 35.1 Å². The molecule has 0 aromatic heterocycles. The van der Waals surface area contributed by atoms with Gasteiger partial charge in [0.05, 0.1) is 5.25 Å². The van der Waals surface area contributed by atoms with Crippen molar-refractivity contribution in [2.45, 2.75) is 24.0 Å². The largest absolute Gasteiger partial charge is 0.334 e. The van der Waals surface area contributed by atoms with Gasteiger partial charge in [0.15, 0.2) is 0 Å². The molecule has 1 atom stereocenters. The summed E-state index contributed by atoms with van der Waals surface area (Å²) in [5.41, 5.74) is 0.746. The predicted molar refractivity (Wildman–Crippen MR) is 93.0 cm³/mol. The lowest BCUT2D eigenvalue weighted by Crippen LogP contribution is -2.36. The van der Waals surface area contributed by atoms with E-state index in [2.05, 4.69) is 18.5 Å². The van der Waals surface area contributed by atoms with E-state index in [1.807, 2.05) is 31.2 Å². The molecule has 4 nitrogen and oxygen atoms in total. The summed E-state index contributed by atoms with van der Waals surface area (Å²) in [6.45, 7) is 11.7. The summed E-state index contributed by atoms with van der Waals surface area (Å²) in [5.74, 6) is -0.0517. The summed E-state index contributed by atoms with van der Waals surface area (Å²) in [6, 6.07) is 7.44. The molecule has 0 heterocycles. The molecule has 0 spiro atoms. The molecule has 1 aromatic carbocycles. The lowest BCUT2D eigenvalue weighted by Gasteiger charge is -2.23. The fourth-order valence-electron chi connectivity index (χ4n) is 1.90. The molecule has 0 aliphatic carbocycles. The van der Waals surface area contributed by atoms with Crippen LogP contribution in [0.4, 0.5) is 5.69 Å². The maximum absolute atomic E-state index is 12.4. The normalized spacial score (nSPS) is 11.4. The van der Waals surface area contributed by atoms with E-state index in [0.717, 1.165) is 10.6 Å². The topological polar surface area (TPSA) is 49.4 Å². The van der Waals surface area contributed by atoms with Crippen LogP contribution in [0.25, 0.3) is 0 Å². The molecule has 0 aliphatic rings. The Morgan fingerprint density at radius 3 is 2.23 bits per heavy atom. The van der Waals surface area contributed by atoms with E-state index in [4.69, 9.17) is 0 Å². The molecule has 22 heavy (non-hydrogen) atoms. The summed E-state index contributed by atoms with van der Waals surface area (Å²) in [4.78, 5) is 26.1. The van der Waals surface area contributed by atoms with Gasteiger partial charge in [-0.15, -0.1) is 24.9 Å². The minimum atomic E-state index is -0.202. The van der Waals surface area contributed by atoms with Gasteiger partial charge in [-0.25, -0.2) is 0 Å². The number of hydrogen-bond acceptors (Lipinski definition) is 3. The van der Waals surface area contributed by atoms with Crippen LogP contribution in [0, 0.1) is 0 Å². The second kappa shape index (κ2) is 9.10. The molecular formula is C17H22N2O2S. The standard InChI is InChI=1S/C17H22N2O2S/c1-5-11-19(12-6-2)17(21)13(3)22-16-9-7-15(8-10-16)18-14(4)20/h5-10,13H,1-2,11-12H2,3-4H3,(H,18,20). The van der Waals surface area contributed by atoms with Crippen molar-refractivity contribution in [2.75, 3.05) is 18.4 Å². The average Bonchev–Trinajstić information content (AvgIpc) is 2.47. The fraction of sp³-hybridized carbons (Fsp3) is 0.294. The van der Waals surface area contributed by atoms with Crippen molar-refractivity contribution in [2.24, 2.45) is 0 Å². The zero-order valence-electron chi connectivity index (χ0n) is 13.0. The Labute approximate surface area is 136 Å². The first kappa shape index (κ1) is 18.0. The van der Waals surface area contributed by atoms with Crippen molar-refractivity contribution in [3.05, 3.63) is 49.6 Å². The van der Waals surface area contributed by atoms with Gasteiger partial charge in [-0.05, 0) is 31.2 Å². The Morgan fingerprint density at radius 1 is 1.23 bits per heavy atom. The van der Waals surface area contributed by atoms with Crippen LogP contribution in [-0.2, 0) is 9.59 Å². The van der Waals surface area contributed by atoms with Crippen molar-refractivity contribution >= 4 is 29.3 Å². The zero-order valence-corrected chi connectivity index (χ0v) is 13.9. The number of carbonyl (C=O) groups is 2. The van der Waals surface area contributed by atoms with Crippen molar-refractivity contribution in [1.82, 2.24) is 4.90 Å². The molecule has 0 bridgehead atoms. The minimum Gasteiger partial charge on any atom is -0.334 e. The molecule has 1 rings (SSSR count). The maximum Gasteiger partial charge on any atom is 0.236 e. The highest BCUT2D eigenvalue weighted by molar-refractivity contribution is 8.00. The summed E-state index contributed by atoms with van der Waals surface area (Å²) in [7, 11) is 0. The fourth-order valence-corrected chi connectivity index (χ4v) is 2.85. The van der Waals surface area contributed by atoms with Gasteiger partial charge in [0.2, 0.25) is 11.8 Å². The molecule has 1 aromatic rings. The Hall–Kier alpha value is -2.01. The number of rotatable bonds is 8. The van der Waals surface area contributed by atoms with Gasteiger partial charge < -0.3 is 10.2 Å². The summed E-state index contributed by atoms with van der Waals surface area (Å²) >= 11 is 1.49. The smallest absolute Gasteiger partial charge is 0.236 e. The SMILES string of the molecule is C=CCN(CC=C)C(=O)C(C)Sc1ccc(NC(C)=O)cc1. The van der Waals surface area contributed by atoms with Crippen molar-refractivity contribution in [1.29, 1.82) is 0 Å². The number of amides is 2. The van der Waals surface area contributed by atoms with Gasteiger partial charge in [-0.3, -0.25) is 9.59 Å². The molecule has 0 aliphatic heterocycles. The number of benzene rings is 1. The lowest BCUT2D eigenvalue weighted by molar-refractivity contribution is -0.129. The first-order valence-corrected chi connectivity index (χ1v) is 7.90. The van der Waals surface area contributed by atoms with Crippen molar-refractivity contribution < 1.29 is 9.59 Å². The van der Waals surface area contributed by atoms with Gasteiger partial charge in [0, 0.05) is 30.6 Å². The molecule has 0 radical (unpaired) electrons. The van der Waals surface area contributed by atoms with Gasteiger partial charge >= 0.3 is 0 Å². The van der Waals surface area contributed by atoms with Gasteiger partial charge in [-0.2, -0.15) is 0 Å². The minimum absolute atomic E-state index is 0.0516. The van der Waals surface area contributed by atoms with Crippen LogP contribution >= 0.6 is 11.8 Å². The Kier molecular flexibility index (Phi) is 7.46. The Morgan fingerprint density at radius 2 is 1.77 bits per heavy atom. The third kappa shape index (κ3) is 5.77. The quantitative estimate of drug-likeness (QED) is 0.591. The monoisotopic (exact) mass is 318 g/mol. The van der Waals surface area contributed by atoms with Gasteiger partial charge in [-0.1, -0.05) is 12.2 Å². The van der Waals surface area contributed by atoms with Crippen molar-refractivity contribution in [3.63, 3.8) is 0 Å². The first-order chi connectivity index (χ1) is 10.5. The molecule has 1 N–H and O–H groups in total. The van der Waals surface area contributed by atoms with E-state index >= 15 is 0 Å². The molecular weight excluding hydrogens is 296 g/mol. The van der Waals surface area contributed by atoms with Crippen LogP contribution in [0.2, 0.25) is 0 Å². The zero-order chi connectivity index (χ0) is 16.5. The predicted octanol–water partition coefficient (Wildman–Crippen LogP) is 3.33. The summed E-state index contributed by atoms with van der Waals surface area (Å²) in [6.07, 6.45) is 3.42. The molecule has 0 saturated carbocycles. The number of hydrogen-bond donors (Lipinski definition) is 1. The number of nitrogens with zero attached hydrogens (tertiary/aromatic N) is 1. The Bertz CT molecular complexity index is 530. The van der Waals surface area contributed by atoms with Crippen LogP contribution in [0.15, 0.2) is 54.5 Å². The molecule has 2 amide bonds. The van der Waals surface area contributed by atoms with E-state index < -0.39 is 0 Å². The van der Waals surface area contributed by atoms with E-state index in [9.17, 15) is 9.59 Å². The highest BCUT2D eigenvalue weighted by atomic mass is 32.2. The molecule has 1 unspecified atom stereocenters. The van der Waals surface area contributed by atoms with E-state index in [1.165, 1.54) is 18.7 Å². The molecule has 0 saturated heterocycles. The number of thioether (sulfide) groups is 1. The third-order valence-electron chi connectivity index (χ3n) is 2.85. The van der Waals surface area contributed by atoms with Gasteiger partial charge in [0.1, 0.15) is 0 Å². The van der Waals surface area contributed by atoms with Crippen LogP contribution in [0.1, 0.15) is 13.8 Å².